The predicted octanol–water partition coefficient (Wildman–Crippen LogP) is 2.80. The quantitative estimate of drug-likeness (QED) is 0.864. The van der Waals surface area contributed by atoms with Crippen LogP contribution in [0.4, 0.5) is 5.95 Å². The van der Waals surface area contributed by atoms with Gasteiger partial charge in [0.2, 0.25) is 5.95 Å². The summed E-state index contributed by atoms with van der Waals surface area (Å²) < 4.78 is 0. The fourth-order valence-electron chi connectivity index (χ4n) is 5.22. The molecule has 0 aromatic carbocycles. The first-order valence-corrected chi connectivity index (χ1v) is 9.98. The molecule has 5 rings (SSSR count). The molecule has 1 saturated heterocycles. The second-order valence-electron chi connectivity index (χ2n) is 8.51. The molecule has 2 atom stereocenters. The lowest BCUT2D eigenvalue weighted by Gasteiger charge is -2.31. The standard InChI is InChI=1S/C20H27N5O/c26-13-20-7-5-17(11-20)25(12-20)19-21-8-6-15(22-19)9-16-10-18(24-23-16)14-3-1-2-4-14/h6,8,10,14,17,26H,1-5,7,9,11-13H2,(H,23,24). The Morgan fingerprint density at radius 3 is 2.96 bits per heavy atom. The molecule has 2 aromatic rings. The maximum Gasteiger partial charge on any atom is 0.225 e. The van der Waals surface area contributed by atoms with Gasteiger partial charge in [-0.25, -0.2) is 9.97 Å². The summed E-state index contributed by atoms with van der Waals surface area (Å²) in [5, 5.41) is 17.5. The van der Waals surface area contributed by atoms with E-state index in [1.165, 1.54) is 31.4 Å². The van der Waals surface area contributed by atoms with Gasteiger partial charge in [-0.3, -0.25) is 5.10 Å². The Labute approximate surface area is 154 Å². The summed E-state index contributed by atoms with van der Waals surface area (Å²) in [5.41, 5.74) is 3.45. The Bertz CT molecular complexity index is 784. The summed E-state index contributed by atoms with van der Waals surface area (Å²) in [6.07, 6.45) is 11.2. The van der Waals surface area contributed by atoms with Gasteiger partial charge in [0, 0.05) is 42.2 Å². The van der Waals surface area contributed by atoms with Crippen LogP contribution in [0.15, 0.2) is 18.3 Å². The van der Waals surface area contributed by atoms with Crippen molar-refractivity contribution in [3.63, 3.8) is 0 Å². The third-order valence-electron chi connectivity index (χ3n) is 6.71. The van der Waals surface area contributed by atoms with E-state index in [1.807, 2.05) is 12.3 Å². The highest BCUT2D eigenvalue weighted by Crippen LogP contribution is 2.48. The molecular formula is C20H27N5O. The van der Waals surface area contributed by atoms with Crippen molar-refractivity contribution in [1.82, 2.24) is 20.2 Å². The Hall–Kier alpha value is -1.95. The summed E-state index contributed by atoms with van der Waals surface area (Å²) in [6, 6.07) is 4.70. The molecule has 3 heterocycles. The van der Waals surface area contributed by atoms with Gasteiger partial charge in [-0.1, -0.05) is 12.8 Å². The van der Waals surface area contributed by atoms with Gasteiger partial charge in [-0.05, 0) is 44.2 Å². The van der Waals surface area contributed by atoms with Gasteiger partial charge < -0.3 is 10.0 Å². The Balaban J connectivity index is 1.31. The molecule has 3 aliphatic rings. The minimum absolute atomic E-state index is 0.0730. The Kier molecular flexibility index (Phi) is 3.96. The molecule has 2 unspecified atom stereocenters. The lowest BCUT2D eigenvalue weighted by atomic mass is 9.89. The zero-order valence-corrected chi connectivity index (χ0v) is 15.2. The number of aliphatic hydroxyl groups excluding tert-OH is 1. The lowest BCUT2D eigenvalue weighted by molar-refractivity contribution is 0.148. The molecule has 1 aliphatic heterocycles. The third-order valence-corrected chi connectivity index (χ3v) is 6.71. The van der Waals surface area contributed by atoms with Crippen molar-refractivity contribution in [1.29, 1.82) is 0 Å². The number of rotatable bonds is 5. The van der Waals surface area contributed by atoms with E-state index < -0.39 is 0 Å². The van der Waals surface area contributed by atoms with E-state index >= 15 is 0 Å². The number of aromatic nitrogens is 4. The second-order valence-corrected chi connectivity index (χ2v) is 8.51. The minimum Gasteiger partial charge on any atom is -0.396 e. The van der Waals surface area contributed by atoms with Crippen LogP contribution in [0.5, 0.6) is 0 Å². The van der Waals surface area contributed by atoms with E-state index in [0.29, 0.717) is 12.0 Å². The molecule has 138 valence electrons. The largest absolute Gasteiger partial charge is 0.396 e. The van der Waals surface area contributed by atoms with Crippen LogP contribution in [0, 0.1) is 5.41 Å². The van der Waals surface area contributed by atoms with E-state index in [1.54, 1.807) is 0 Å². The SMILES string of the molecule is OCC12CCC(C1)N(c1nccc(Cc3cc(C4CCCC4)n[nH]3)n1)C2. The van der Waals surface area contributed by atoms with Gasteiger partial charge in [0.25, 0.3) is 0 Å². The fourth-order valence-corrected chi connectivity index (χ4v) is 5.22. The highest BCUT2D eigenvalue weighted by Gasteiger charge is 2.49. The average Bonchev–Trinajstić information content (AvgIpc) is 3.44. The smallest absolute Gasteiger partial charge is 0.225 e. The Morgan fingerprint density at radius 1 is 1.27 bits per heavy atom. The van der Waals surface area contributed by atoms with Crippen molar-refractivity contribution >= 4 is 5.95 Å². The monoisotopic (exact) mass is 353 g/mol. The van der Waals surface area contributed by atoms with Gasteiger partial charge in [0.05, 0.1) is 18.0 Å². The zero-order valence-electron chi connectivity index (χ0n) is 15.2. The van der Waals surface area contributed by atoms with E-state index in [0.717, 1.165) is 49.6 Å². The molecule has 26 heavy (non-hydrogen) atoms. The molecule has 0 radical (unpaired) electrons. The number of aliphatic hydroxyl groups is 1. The molecule has 3 fully saturated rings. The zero-order chi connectivity index (χ0) is 17.6. The summed E-state index contributed by atoms with van der Waals surface area (Å²) in [6.45, 7) is 1.16. The third kappa shape index (κ3) is 2.80. The molecule has 0 amide bonds. The number of piperidine rings is 1. The van der Waals surface area contributed by atoms with Gasteiger partial charge in [-0.15, -0.1) is 0 Å². The molecule has 6 heteroatoms. The highest BCUT2D eigenvalue weighted by atomic mass is 16.3. The summed E-state index contributed by atoms with van der Waals surface area (Å²) >= 11 is 0. The van der Waals surface area contributed by atoms with E-state index in [2.05, 4.69) is 26.1 Å². The van der Waals surface area contributed by atoms with Gasteiger partial charge in [0.1, 0.15) is 0 Å². The van der Waals surface area contributed by atoms with Crippen LogP contribution in [0.2, 0.25) is 0 Å². The molecule has 6 nitrogen and oxygen atoms in total. The number of hydrogen-bond acceptors (Lipinski definition) is 5. The number of H-pyrrole nitrogens is 1. The van der Waals surface area contributed by atoms with E-state index in [9.17, 15) is 5.11 Å². The molecule has 2 aliphatic carbocycles. The van der Waals surface area contributed by atoms with Crippen molar-refractivity contribution < 1.29 is 5.11 Å². The molecule has 2 N–H and O–H groups in total. The van der Waals surface area contributed by atoms with Crippen molar-refractivity contribution in [3.05, 3.63) is 35.4 Å². The summed E-state index contributed by atoms with van der Waals surface area (Å²) in [7, 11) is 0. The van der Waals surface area contributed by atoms with Crippen molar-refractivity contribution in [2.75, 3.05) is 18.1 Å². The van der Waals surface area contributed by atoms with Gasteiger partial charge in [0.15, 0.2) is 0 Å². The number of fused-ring (bicyclic) bond motifs is 2. The molecule has 0 spiro atoms. The summed E-state index contributed by atoms with van der Waals surface area (Å²) in [4.78, 5) is 11.7. The van der Waals surface area contributed by atoms with Crippen LogP contribution < -0.4 is 4.90 Å². The lowest BCUT2D eigenvalue weighted by Crippen LogP contribution is -2.38. The van der Waals surface area contributed by atoms with Crippen molar-refractivity contribution in [2.45, 2.75) is 63.3 Å². The number of aromatic amines is 1. The topological polar surface area (TPSA) is 77.9 Å². The molecular weight excluding hydrogens is 326 g/mol. The second kappa shape index (κ2) is 6.34. The van der Waals surface area contributed by atoms with Crippen LogP contribution in [0.1, 0.15) is 67.9 Å². The highest BCUT2D eigenvalue weighted by molar-refractivity contribution is 5.38. The van der Waals surface area contributed by atoms with Crippen LogP contribution in [0.3, 0.4) is 0 Å². The minimum atomic E-state index is 0.0730. The Morgan fingerprint density at radius 2 is 2.15 bits per heavy atom. The maximum absolute atomic E-state index is 9.77. The number of hydrogen-bond donors (Lipinski definition) is 2. The molecule has 2 saturated carbocycles. The van der Waals surface area contributed by atoms with Crippen LogP contribution in [-0.4, -0.2) is 44.5 Å². The molecule has 2 bridgehead atoms. The van der Waals surface area contributed by atoms with Crippen molar-refractivity contribution in [2.24, 2.45) is 5.41 Å². The normalized spacial score (nSPS) is 28.3. The first-order valence-electron chi connectivity index (χ1n) is 9.98. The molecule has 2 aromatic heterocycles. The van der Waals surface area contributed by atoms with Crippen molar-refractivity contribution in [3.8, 4) is 0 Å². The van der Waals surface area contributed by atoms with Crippen LogP contribution in [-0.2, 0) is 6.42 Å². The average molecular weight is 353 g/mol. The fraction of sp³-hybridized carbons (Fsp3) is 0.650. The van der Waals surface area contributed by atoms with Crippen LogP contribution >= 0.6 is 0 Å². The predicted molar refractivity (Wildman–Crippen MR) is 99.1 cm³/mol. The first kappa shape index (κ1) is 16.2. The van der Waals surface area contributed by atoms with Gasteiger partial charge >= 0.3 is 0 Å². The van der Waals surface area contributed by atoms with E-state index in [4.69, 9.17) is 4.98 Å². The number of nitrogens with zero attached hydrogens (tertiary/aromatic N) is 4. The number of anilines is 1. The maximum atomic E-state index is 9.77. The first-order chi connectivity index (χ1) is 12.7. The summed E-state index contributed by atoms with van der Waals surface area (Å²) in [5.74, 6) is 1.45. The van der Waals surface area contributed by atoms with Crippen LogP contribution in [0.25, 0.3) is 0 Å². The van der Waals surface area contributed by atoms with Gasteiger partial charge in [-0.2, -0.15) is 5.10 Å². The number of nitrogens with one attached hydrogen (secondary N) is 1. The van der Waals surface area contributed by atoms with E-state index in [-0.39, 0.29) is 12.0 Å².